The molecule has 4 heterocycles. The second-order valence-electron chi connectivity index (χ2n) is 9.49. The Bertz CT molecular complexity index is 1650. The van der Waals surface area contributed by atoms with Gasteiger partial charge in [0.2, 0.25) is 5.56 Å². The van der Waals surface area contributed by atoms with Gasteiger partial charge in [0.1, 0.15) is 54.6 Å². The minimum Gasteiger partial charge on any atom is -0.388 e. The highest BCUT2D eigenvalue weighted by Crippen LogP contribution is 2.64. The van der Waals surface area contributed by atoms with Crippen molar-refractivity contribution in [3.63, 3.8) is 0 Å². The number of carbonyl (C=O) groups is 1. The van der Waals surface area contributed by atoms with Crippen LogP contribution in [0.15, 0.2) is 35.8 Å². The first-order valence-electron chi connectivity index (χ1n) is 12.4. The van der Waals surface area contributed by atoms with E-state index in [9.17, 15) is 54.0 Å². The van der Waals surface area contributed by atoms with Crippen molar-refractivity contribution in [2.45, 2.75) is 49.0 Å². The average Bonchev–Trinajstić information content (AvgIpc) is 3.51. The van der Waals surface area contributed by atoms with Gasteiger partial charge in [-0.2, -0.15) is 4.31 Å². The van der Waals surface area contributed by atoms with Crippen molar-refractivity contribution in [2.75, 3.05) is 12.3 Å². The van der Waals surface area contributed by atoms with Crippen LogP contribution in [-0.2, 0) is 39.1 Å². The Balaban J connectivity index is 1.73. The van der Waals surface area contributed by atoms with E-state index < -0.39 is 76.8 Å². The molecule has 0 bridgehead atoms. The molecule has 0 aliphatic carbocycles. The van der Waals surface area contributed by atoms with E-state index in [-0.39, 0.29) is 28.8 Å². The van der Waals surface area contributed by atoms with Crippen LogP contribution in [0.4, 0.5) is 5.82 Å². The predicted molar refractivity (Wildman–Crippen MR) is 142 cm³/mol. The molecule has 3 aromatic heterocycles. The molecular formula is C21H28N6O15P2. The minimum atomic E-state index is -5.71. The monoisotopic (exact) mass is 666 g/mol. The number of rotatable bonds is 13. The number of pyridine rings is 1. The number of anilines is 1. The van der Waals surface area contributed by atoms with Gasteiger partial charge in [0.15, 0.2) is 24.0 Å². The van der Waals surface area contributed by atoms with Gasteiger partial charge in [-0.1, -0.05) is 0 Å². The Labute approximate surface area is 245 Å². The van der Waals surface area contributed by atoms with Gasteiger partial charge < -0.3 is 55.2 Å². The molecule has 9 N–H and O–H groups in total. The van der Waals surface area contributed by atoms with Gasteiger partial charge in [-0.15, -0.1) is 0 Å². The molecule has 2 unspecified atom stereocenters. The molecule has 23 heteroatoms. The number of fused-ring (bicyclic) bond motifs is 1. The molecule has 3 aromatic rings. The summed E-state index contributed by atoms with van der Waals surface area (Å²) in [4.78, 5) is 53.5. The summed E-state index contributed by atoms with van der Waals surface area (Å²) in [6.45, 7) is -1.27. The second kappa shape index (κ2) is 13.2. The summed E-state index contributed by atoms with van der Waals surface area (Å²) in [5, 5.41) is 51.3. The van der Waals surface area contributed by atoms with Crippen molar-refractivity contribution >= 4 is 38.9 Å². The molecule has 242 valence electrons. The maximum absolute atomic E-state index is 13.6. The number of hydrogen-bond acceptors (Lipinski definition) is 17. The number of imidazole rings is 1. The number of aryl methyl sites for hydroxylation is 1. The number of aldehydes is 1. The number of phosphoric ester groups is 1. The van der Waals surface area contributed by atoms with Crippen LogP contribution in [0.25, 0.3) is 11.2 Å². The van der Waals surface area contributed by atoms with Gasteiger partial charge in [0, 0.05) is 24.9 Å². The number of hydrogen-bond donors (Lipinski definition) is 8. The lowest BCUT2D eigenvalue weighted by atomic mass is 10.0. The third kappa shape index (κ3) is 7.27. The van der Waals surface area contributed by atoms with Crippen LogP contribution in [0.5, 0.6) is 0 Å². The standard InChI is InChI=1S/C21H28N6O15P2/c1-26-4-9(2-3-12(26)31)17(41-44(38,42-43(35,36)37)39-6-11(30)14(32)10(29)5-28)18-15(33)16(34)21(40-18)27-8-25-13-19(22)23-7-24-20(13)27/h2-5,7-8,10-11,14-18,21,29-30,32-34H,6H2,1H3,(H2,22,23,24)(H2,35,36,37)/t10-,11+,14-,15-,16+,17?,18-,21+,44?/m0/s1. The summed E-state index contributed by atoms with van der Waals surface area (Å²) in [6, 6.07) is 2.16. The number of nitrogens with two attached hydrogens (primary N) is 1. The lowest BCUT2D eigenvalue weighted by Crippen LogP contribution is -2.40. The third-order valence-electron chi connectivity index (χ3n) is 6.41. The Morgan fingerprint density at radius 1 is 1.14 bits per heavy atom. The summed E-state index contributed by atoms with van der Waals surface area (Å²) in [5.74, 6) is -0.00890. The second-order valence-corrected chi connectivity index (χ2v) is 12.5. The van der Waals surface area contributed by atoms with E-state index in [1.165, 1.54) is 17.9 Å². The molecule has 0 aromatic carbocycles. The van der Waals surface area contributed by atoms with Crippen LogP contribution in [0.1, 0.15) is 17.9 Å². The van der Waals surface area contributed by atoms with Gasteiger partial charge in [0.05, 0.1) is 12.9 Å². The number of phosphoric acid groups is 2. The highest BCUT2D eigenvalue weighted by molar-refractivity contribution is 7.61. The summed E-state index contributed by atoms with van der Waals surface area (Å²) >= 11 is 0. The molecule has 0 radical (unpaired) electrons. The maximum Gasteiger partial charge on any atom is 0.484 e. The van der Waals surface area contributed by atoms with E-state index in [2.05, 4.69) is 19.3 Å². The van der Waals surface area contributed by atoms with Gasteiger partial charge in [-0.05, 0) is 6.07 Å². The van der Waals surface area contributed by atoms with Crippen molar-refractivity contribution < 1.29 is 67.3 Å². The van der Waals surface area contributed by atoms with Crippen molar-refractivity contribution in [1.29, 1.82) is 0 Å². The zero-order chi connectivity index (χ0) is 32.6. The predicted octanol–water partition coefficient (Wildman–Crippen LogP) is -3.00. The Hall–Kier alpha value is -3.01. The Morgan fingerprint density at radius 3 is 2.48 bits per heavy atom. The number of aliphatic hydroxyl groups excluding tert-OH is 5. The molecule has 0 saturated carbocycles. The van der Waals surface area contributed by atoms with Crippen LogP contribution in [0, 0.1) is 0 Å². The molecule has 4 rings (SSSR count). The number of carbonyl (C=O) groups excluding carboxylic acids is 1. The van der Waals surface area contributed by atoms with Crippen molar-refractivity contribution in [3.8, 4) is 0 Å². The highest BCUT2D eigenvalue weighted by Gasteiger charge is 2.52. The van der Waals surface area contributed by atoms with Crippen LogP contribution >= 0.6 is 15.6 Å². The number of aromatic nitrogens is 5. The number of nitrogen functional groups attached to an aromatic ring is 1. The van der Waals surface area contributed by atoms with Crippen LogP contribution in [0.3, 0.4) is 0 Å². The van der Waals surface area contributed by atoms with E-state index in [0.717, 1.165) is 29.2 Å². The summed E-state index contributed by atoms with van der Waals surface area (Å²) in [6.07, 6.45) is -11.9. The number of nitrogens with zero attached hydrogens (tertiary/aromatic N) is 5. The molecular weight excluding hydrogens is 638 g/mol. The molecule has 1 aliphatic heterocycles. The first-order chi connectivity index (χ1) is 20.5. The van der Waals surface area contributed by atoms with E-state index in [0.29, 0.717) is 0 Å². The minimum absolute atomic E-state index is 0.00890. The highest BCUT2D eigenvalue weighted by atomic mass is 31.3. The van der Waals surface area contributed by atoms with Gasteiger partial charge in [-0.25, -0.2) is 24.1 Å². The van der Waals surface area contributed by atoms with Gasteiger partial charge >= 0.3 is 15.6 Å². The average molecular weight is 666 g/mol. The number of aliphatic hydroxyl groups is 5. The first kappa shape index (κ1) is 33.9. The van der Waals surface area contributed by atoms with Crippen LogP contribution < -0.4 is 11.3 Å². The molecule has 1 saturated heterocycles. The zero-order valence-corrected chi connectivity index (χ0v) is 24.2. The Kier molecular flexibility index (Phi) is 10.1. The van der Waals surface area contributed by atoms with E-state index in [1.807, 2.05) is 0 Å². The summed E-state index contributed by atoms with van der Waals surface area (Å²) in [5.41, 5.74) is 5.37. The van der Waals surface area contributed by atoms with E-state index in [1.54, 1.807) is 0 Å². The first-order valence-corrected chi connectivity index (χ1v) is 15.3. The topological polar surface area (TPSA) is 321 Å². The molecule has 1 fully saturated rings. The van der Waals surface area contributed by atoms with Crippen LogP contribution in [0.2, 0.25) is 0 Å². The quantitative estimate of drug-likeness (QED) is 0.0665. The molecule has 44 heavy (non-hydrogen) atoms. The smallest absolute Gasteiger partial charge is 0.388 e. The normalized spacial score (nSPS) is 24.9. The summed E-state index contributed by atoms with van der Waals surface area (Å²) < 4.78 is 48.0. The Morgan fingerprint density at radius 2 is 1.84 bits per heavy atom. The van der Waals surface area contributed by atoms with Gasteiger partial charge in [-0.3, -0.25) is 18.4 Å². The molecule has 21 nitrogen and oxygen atoms in total. The lowest BCUT2D eigenvalue weighted by Gasteiger charge is -2.30. The van der Waals surface area contributed by atoms with Crippen molar-refractivity contribution in [2.24, 2.45) is 7.05 Å². The zero-order valence-electron chi connectivity index (χ0n) is 22.4. The molecule has 1 aliphatic rings. The van der Waals surface area contributed by atoms with Crippen molar-refractivity contribution in [1.82, 2.24) is 24.1 Å². The third-order valence-corrected chi connectivity index (χ3v) is 9.01. The molecule has 0 amide bonds. The van der Waals surface area contributed by atoms with Crippen LogP contribution in [-0.4, -0.2) is 109 Å². The number of ether oxygens (including phenoxy) is 1. The van der Waals surface area contributed by atoms with Gasteiger partial charge in [0.25, 0.3) is 0 Å². The maximum atomic E-state index is 13.6. The largest absolute Gasteiger partial charge is 0.484 e. The fraction of sp³-hybridized carbons (Fsp3) is 0.476. The van der Waals surface area contributed by atoms with E-state index in [4.69, 9.17) is 19.5 Å². The SMILES string of the molecule is Cn1cc(C(OP(=O)(OC[C@@H](O)[C@@H](O)[C@@H](O)C=O)OP(=O)(O)O)[C@H]2O[C@@H](n3cnc4c(N)ncnc43)[C@H](O)[C@@H]2O)ccc1=O. The fourth-order valence-electron chi connectivity index (χ4n) is 4.23. The van der Waals surface area contributed by atoms with Crippen molar-refractivity contribution in [3.05, 3.63) is 46.9 Å². The molecule has 0 spiro atoms. The summed E-state index contributed by atoms with van der Waals surface area (Å²) in [7, 11) is -9.97. The molecule has 9 atom stereocenters. The lowest BCUT2D eigenvalue weighted by molar-refractivity contribution is -0.128. The van der Waals surface area contributed by atoms with E-state index >= 15 is 0 Å². The fourth-order valence-corrected chi connectivity index (χ4v) is 6.53.